The van der Waals surface area contributed by atoms with E-state index in [1.807, 2.05) is 0 Å². The van der Waals surface area contributed by atoms with Gasteiger partial charge in [-0.1, -0.05) is 6.07 Å². The molecule has 2 aromatic carbocycles. The molecule has 0 saturated carbocycles. The van der Waals surface area contributed by atoms with Crippen LogP contribution in [-0.4, -0.2) is 5.91 Å². The fourth-order valence-corrected chi connectivity index (χ4v) is 2.16. The maximum atomic E-state index is 13.6. The number of rotatable bonds is 2. The zero-order chi connectivity index (χ0) is 14.9. The SMILES string of the molecule is Cc1ccc(F)c(NC(=O)c2cc(N)c(F)cc2Br)c1. The lowest BCUT2D eigenvalue weighted by Crippen LogP contribution is -2.14. The summed E-state index contributed by atoms with van der Waals surface area (Å²) in [6.07, 6.45) is 0. The summed E-state index contributed by atoms with van der Waals surface area (Å²) >= 11 is 3.08. The van der Waals surface area contributed by atoms with Crippen LogP contribution in [0.4, 0.5) is 20.2 Å². The number of nitrogens with two attached hydrogens (primary N) is 1. The minimum Gasteiger partial charge on any atom is -0.396 e. The van der Waals surface area contributed by atoms with E-state index in [1.54, 1.807) is 13.0 Å². The second kappa shape index (κ2) is 5.58. The van der Waals surface area contributed by atoms with Gasteiger partial charge in [0.2, 0.25) is 0 Å². The predicted molar refractivity (Wildman–Crippen MR) is 77.6 cm³/mol. The van der Waals surface area contributed by atoms with Crippen LogP contribution in [0.15, 0.2) is 34.8 Å². The van der Waals surface area contributed by atoms with Crippen molar-refractivity contribution in [2.45, 2.75) is 6.92 Å². The van der Waals surface area contributed by atoms with Gasteiger partial charge >= 0.3 is 0 Å². The van der Waals surface area contributed by atoms with E-state index >= 15 is 0 Å². The summed E-state index contributed by atoms with van der Waals surface area (Å²) in [7, 11) is 0. The summed E-state index contributed by atoms with van der Waals surface area (Å²) in [6, 6.07) is 6.66. The molecule has 104 valence electrons. The number of hydrogen-bond donors (Lipinski definition) is 2. The third-order valence-corrected chi connectivity index (χ3v) is 3.36. The van der Waals surface area contributed by atoms with Crippen molar-refractivity contribution in [3.05, 3.63) is 57.6 Å². The van der Waals surface area contributed by atoms with Crippen LogP contribution in [0.2, 0.25) is 0 Å². The molecule has 20 heavy (non-hydrogen) atoms. The maximum absolute atomic E-state index is 13.6. The second-order valence-electron chi connectivity index (χ2n) is 4.29. The van der Waals surface area contributed by atoms with Gasteiger partial charge in [-0.25, -0.2) is 8.78 Å². The zero-order valence-electron chi connectivity index (χ0n) is 10.5. The molecule has 6 heteroatoms. The molecule has 0 heterocycles. The number of halogens is 3. The van der Waals surface area contributed by atoms with E-state index in [0.29, 0.717) is 0 Å². The van der Waals surface area contributed by atoms with Gasteiger partial charge in [0.05, 0.1) is 16.9 Å². The summed E-state index contributed by atoms with van der Waals surface area (Å²) in [5.74, 6) is -1.75. The monoisotopic (exact) mass is 340 g/mol. The molecule has 0 radical (unpaired) electrons. The van der Waals surface area contributed by atoms with E-state index in [9.17, 15) is 13.6 Å². The maximum Gasteiger partial charge on any atom is 0.256 e. The average molecular weight is 341 g/mol. The Hall–Kier alpha value is -1.95. The number of nitrogen functional groups attached to an aromatic ring is 1. The molecule has 0 aliphatic rings. The highest BCUT2D eigenvalue weighted by Crippen LogP contribution is 2.24. The lowest BCUT2D eigenvalue weighted by Gasteiger charge is -2.09. The number of carbonyl (C=O) groups excluding carboxylic acids is 1. The van der Waals surface area contributed by atoms with Crippen molar-refractivity contribution in [1.82, 2.24) is 0 Å². The molecule has 1 amide bonds. The third kappa shape index (κ3) is 2.96. The molecule has 3 nitrogen and oxygen atoms in total. The summed E-state index contributed by atoms with van der Waals surface area (Å²) in [5.41, 5.74) is 6.27. The molecule has 0 bridgehead atoms. The summed E-state index contributed by atoms with van der Waals surface area (Å²) in [5, 5.41) is 2.43. The number of benzene rings is 2. The lowest BCUT2D eigenvalue weighted by atomic mass is 10.1. The van der Waals surface area contributed by atoms with Gasteiger partial charge in [0.25, 0.3) is 5.91 Å². The van der Waals surface area contributed by atoms with Crippen molar-refractivity contribution < 1.29 is 13.6 Å². The van der Waals surface area contributed by atoms with Gasteiger partial charge in [-0.05, 0) is 52.7 Å². The van der Waals surface area contributed by atoms with Crippen LogP contribution in [0.5, 0.6) is 0 Å². The lowest BCUT2D eigenvalue weighted by molar-refractivity contribution is 0.102. The molecular weight excluding hydrogens is 330 g/mol. The van der Waals surface area contributed by atoms with E-state index in [2.05, 4.69) is 21.2 Å². The molecule has 0 atom stereocenters. The highest BCUT2D eigenvalue weighted by Gasteiger charge is 2.15. The highest BCUT2D eigenvalue weighted by atomic mass is 79.9. The van der Waals surface area contributed by atoms with Gasteiger partial charge in [0.1, 0.15) is 11.6 Å². The highest BCUT2D eigenvalue weighted by molar-refractivity contribution is 9.10. The van der Waals surface area contributed by atoms with E-state index in [4.69, 9.17) is 5.73 Å². The summed E-state index contributed by atoms with van der Waals surface area (Å²) in [6.45, 7) is 1.78. The Morgan fingerprint density at radius 2 is 1.90 bits per heavy atom. The van der Waals surface area contributed by atoms with Crippen molar-refractivity contribution >= 4 is 33.2 Å². The number of anilines is 2. The first-order valence-corrected chi connectivity index (χ1v) is 6.50. The smallest absolute Gasteiger partial charge is 0.256 e. The van der Waals surface area contributed by atoms with Crippen molar-refractivity contribution in [3.63, 3.8) is 0 Å². The van der Waals surface area contributed by atoms with Crippen LogP contribution in [0, 0.1) is 18.6 Å². The molecular formula is C14H11BrF2N2O. The zero-order valence-corrected chi connectivity index (χ0v) is 12.1. The Morgan fingerprint density at radius 1 is 1.20 bits per heavy atom. The number of hydrogen-bond acceptors (Lipinski definition) is 2. The minimum absolute atomic E-state index is 0.0600. The van der Waals surface area contributed by atoms with Crippen LogP contribution >= 0.6 is 15.9 Å². The van der Waals surface area contributed by atoms with Gasteiger partial charge in [0.15, 0.2) is 0 Å². The number of nitrogens with one attached hydrogen (secondary N) is 1. The van der Waals surface area contributed by atoms with E-state index in [-0.39, 0.29) is 21.4 Å². The molecule has 0 saturated heterocycles. The molecule has 0 aromatic heterocycles. The summed E-state index contributed by atoms with van der Waals surface area (Å²) < 4.78 is 27.0. The van der Waals surface area contributed by atoms with E-state index < -0.39 is 17.5 Å². The van der Waals surface area contributed by atoms with E-state index in [1.165, 1.54) is 18.2 Å². The Labute approximate surface area is 122 Å². The fraction of sp³-hybridized carbons (Fsp3) is 0.0714. The Balaban J connectivity index is 2.33. The van der Waals surface area contributed by atoms with Crippen molar-refractivity contribution in [2.24, 2.45) is 0 Å². The normalized spacial score (nSPS) is 10.4. The standard InChI is InChI=1S/C14H11BrF2N2O/c1-7-2-3-10(16)13(4-7)19-14(20)8-5-12(18)11(17)6-9(8)15/h2-6H,18H2,1H3,(H,19,20). The third-order valence-electron chi connectivity index (χ3n) is 2.70. The molecule has 2 rings (SSSR count). The van der Waals surface area contributed by atoms with Gasteiger partial charge in [-0.2, -0.15) is 0 Å². The minimum atomic E-state index is -0.629. The fourth-order valence-electron chi connectivity index (χ4n) is 1.66. The topological polar surface area (TPSA) is 55.1 Å². The van der Waals surface area contributed by atoms with Crippen LogP contribution in [-0.2, 0) is 0 Å². The van der Waals surface area contributed by atoms with Gasteiger partial charge in [-0.3, -0.25) is 4.79 Å². The van der Waals surface area contributed by atoms with Crippen molar-refractivity contribution in [2.75, 3.05) is 11.1 Å². The first-order valence-electron chi connectivity index (χ1n) is 5.70. The molecule has 0 aliphatic heterocycles. The Morgan fingerprint density at radius 3 is 2.60 bits per heavy atom. The second-order valence-corrected chi connectivity index (χ2v) is 5.15. The largest absolute Gasteiger partial charge is 0.396 e. The van der Waals surface area contributed by atoms with Crippen molar-refractivity contribution in [3.8, 4) is 0 Å². The number of carbonyl (C=O) groups is 1. The molecule has 0 fully saturated rings. The van der Waals surface area contributed by atoms with Crippen LogP contribution in [0.1, 0.15) is 15.9 Å². The van der Waals surface area contributed by atoms with Gasteiger partial charge in [0, 0.05) is 4.47 Å². The first-order chi connectivity index (χ1) is 9.38. The Bertz CT molecular complexity index is 689. The van der Waals surface area contributed by atoms with Gasteiger partial charge in [-0.15, -0.1) is 0 Å². The predicted octanol–water partition coefficient (Wildman–Crippen LogP) is 3.87. The molecule has 2 aromatic rings. The average Bonchev–Trinajstić information content (AvgIpc) is 2.38. The molecule has 0 spiro atoms. The van der Waals surface area contributed by atoms with Crippen molar-refractivity contribution in [1.29, 1.82) is 0 Å². The van der Waals surface area contributed by atoms with E-state index in [0.717, 1.165) is 11.6 Å². The van der Waals surface area contributed by atoms with Crippen LogP contribution in [0.3, 0.4) is 0 Å². The molecule has 3 N–H and O–H groups in total. The first kappa shape index (κ1) is 14.5. The van der Waals surface area contributed by atoms with Gasteiger partial charge < -0.3 is 11.1 Å². The molecule has 0 aliphatic carbocycles. The Kier molecular flexibility index (Phi) is 4.04. The van der Waals surface area contributed by atoms with Crippen LogP contribution in [0.25, 0.3) is 0 Å². The number of amides is 1. The summed E-state index contributed by atoms with van der Waals surface area (Å²) in [4.78, 5) is 12.1. The van der Waals surface area contributed by atoms with Crippen LogP contribution < -0.4 is 11.1 Å². The number of aryl methyl sites for hydroxylation is 1. The quantitative estimate of drug-likeness (QED) is 0.815. The molecule has 0 unspecified atom stereocenters.